The van der Waals surface area contributed by atoms with Crippen molar-refractivity contribution in [2.45, 2.75) is 16.6 Å². The normalized spacial score (nSPS) is 15.3. The van der Waals surface area contributed by atoms with Gasteiger partial charge in [0, 0.05) is 13.1 Å². The lowest BCUT2D eigenvalue weighted by molar-refractivity contribution is -0.133. The molecule has 1 fully saturated rings. The van der Waals surface area contributed by atoms with Crippen molar-refractivity contribution in [1.82, 2.24) is 4.90 Å². The van der Waals surface area contributed by atoms with Gasteiger partial charge in [-0.15, -0.1) is 0 Å². The number of nitriles is 1. The summed E-state index contributed by atoms with van der Waals surface area (Å²) < 4.78 is 29.6. The summed E-state index contributed by atoms with van der Waals surface area (Å²) in [4.78, 5) is 13.0. The van der Waals surface area contributed by atoms with Gasteiger partial charge in [0.15, 0.2) is 9.84 Å². The van der Waals surface area contributed by atoms with Crippen LogP contribution in [0.5, 0.6) is 5.75 Å². The van der Waals surface area contributed by atoms with Crippen LogP contribution in [-0.2, 0) is 14.6 Å². The Kier molecular flexibility index (Phi) is 3.95. The second-order valence-electron chi connectivity index (χ2n) is 4.48. The molecule has 106 valence electrons. The second kappa shape index (κ2) is 5.51. The average Bonchev–Trinajstić information content (AvgIpc) is 2.37. The molecule has 1 aliphatic heterocycles. The zero-order chi connectivity index (χ0) is 14.8. The van der Waals surface area contributed by atoms with Crippen molar-refractivity contribution in [2.24, 2.45) is 0 Å². The number of methoxy groups -OCH3 is 1. The van der Waals surface area contributed by atoms with Crippen molar-refractivity contribution < 1.29 is 17.9 Å². The molecule has 7 heteroatoms. The number of hydrogen-bond donors (Lipinski definition) is 0. The number of hydrogen-bond acceptors (Lipinski definition) is 5. The first kappa shape index (κ1) is 14.3. The molecule has 1 amide bonds. The van der Waals surface area contributed by atoms with Crippen molar-refractivity contribution in [3.8, 4) is 11.8 Å². The molecule has 6 nitrogen and oxygen atoms in total. The molecule has 0 N–H and O–H groups in total. The highest BCUT2D eigenvalue weighted by Crippen LogP contribution is 2.25. The van der Waals surface area contributed by atoms with E-state index in [1.807, 2.05) is 0 Å². The largest absolute Gasteiger partial charge is 0.497 e. The van der Waals surface area contributed by atoms with Gasteiger partial charge in [0.05, 0.1) is 18.1 Å². The lowest BCUT2D eigenvalue weighted by Crippen LogP contribution is -2.56. The van der Waals surface area contributed by atoms with E-state index in [-0.39, 0.29) is 30.3 Å². The van der Waals surface area contributed by atoms with Crippen LogP contribution in [0.1, 0.15) is 6.42 Å². The molecule has 0 aliphatic carbocycles. The number of nitrogens with zero attached hydrogens (tertiary/aromatic N) is 2. The lowest BCUT2D eigenvalue weighted by Gasteiger charge is -2.38. The van der Waals surface area contributed by atoms with Gasteiger partial charge < -0.3 is 9.64 Å². The van der Waals surface area contributed by atoms with E-state index in [2.05, 4.69) is 0 Å². The molecular weight excluding hydrogens is 280 g/mol. The van der Waals surface area contributed by atoms with Gasteiger partial charge in [-0.1, -0.05) is 0 Å². The third kappa shape index (κ3) is 2.60. The van der Waals surface area contributed by atoms with Crippen LogP contribution in [0.2, 0.25) is 0 Å². The highest BCUT2D eigenvalue weighted by atomic mass is 32.2. The molecule has 0 saturated carbocycles. The minimum absolute atomic E-state index is 0.148. The summed E-state index contributed by atoms with van der Waals surface area (Å²) in [6, 6.07) is 7.92. The van der Waals surface area contributed by atoms with Crippen molar-refractivity contribution in [2.75, 3.05) is 20.2 Å². The molecule has 0 atom stereocenters. The van der Waals surface area contributed by atoms with Crippen molar-refractivity contribution in [3.63, 3.8) is 0 Å². The molecular formula is C13H14N2O4S. The van der Waals surface area contributed by atoms with Gasteiger partial charge in [-0.3, -0.25) is 4.79 Å². The van der Waals surface area contributed by atoms with Crippen molar-refractivity contribution in [1.29, 1.82) is 5.26 Å². The number of benzene rings is 1. The summed E-state index contributed by atoms with van der Waals surface area (Å²) in [5, 5.41) is 7.83. The first-order chi connectivity index (χ1) is 9.48. The Morgan fingerprint density at radius 3 is 2.50 bits per heavy atom. The third-order valence-electron chi connectivity index (χ3n) is 3.26. The monoisotopic (exact) mass is 294 g/mol. The summed E-state index contributed by atoms with van der Waals surface area (Å²) in [6.45, 7) is 0.295. The van der Waals surface area contributed by atoms with E-state index in [0.717, 1.165) is 0 Å². The van der Waals surface area contributed by atoms with Crippen LogP contribution in [0.4, 0.5) is 0 Å². The quantitative estimate of drug-likeness (QED) is 0.811. The van der Waals surface area contributed by atoms with Crippen LogP contribution in [0, 0.1) is 11.3 Å². The molecule has 0 radical (unpaired) electrons. The Bertz CT molecular complexity index is 640. The van der Waals surface area contributed by atoms with E-state index in [1.54, 1.807) is 18.2 Å². The smallest absolute Gasteiger partial charge is 0.236 e. The second-order valence-corrected chi connectivity index (χ2v) is 6.70. The zero-order valence-corrected chi connectivity index (χ0v) is 11.8. The standard InChI is InChI=1S/C13H14N2O4S/c1-19-10-2-4-11(5-3-10)20(17,18)12-8-15(9-12)13(16)6-7-14/h2-5,12H,6,8-9H2,1H3. The molecule has 0 bridgehead atoms. The minimum atomic E-state index is -3.44. The highest BCUT2D eigenvalue weighted by molar-refractivity contribution is 7.92. The lowest BCUT2D eigenvalue weighted by atomic mass is 10.2. The Balaban J connectivity index is 2.06. The van der Waals surface area contributed by atoms with Gasteiger partial charge in [-0.2, -0.15) is 5.26 Å². The summed E-state index contributed by atoms with van der Waals surface area (Å²) in [5.74, 6) is 0.261. The van der Waals surface area contributed by atoms with Crippen LogP contribution >= 0.6 is 0 Å². The van der Waals surface area contributed by atoms with Crippen LogP contribution in [-0.4, -0.2) is 44.7 Å². The maximum Gasteiger partial charge on any atom is 0.236 e. The van der Waals surface area contributed by atoms with Crippen LogP contribution in [0.15, 0.2) is 29.2 Å². The Morgan fingerprint density at radius 1 is 1.40 bits per heavy atom. The maximum absolute atomic E-state index is 12.3. The SMILES string of the molecule is COc1ccc(S(=O)(=O)C2CN(C(=O)CC#N)C2)cc1. The Morgan fingerprint density at radius 2 is 2.00 bits per heavy atom. The first-order valence-corrected chi connectivity index (χ1v) is 7.56. The number of carbonyl (C=O) groups is 1. The fourth-order valence-corrected chi connectivity index (χ4v) is 3.63. The zero-order valence-electron chi connectivity index (χ0n) is 10.9. The van der Waals surface area contributed by atoms with Gasteiger partial charge in [0.25, 0.3) is 0 Å². The average molecular weight is 294 g/mol. The summed E-state index contributed by atoms with van der Waals surface area (Å²) in [6.07, 6.45) is -0.213. The van der Waals surface area contributed by atoms with E-state index < -0.39 is 15.1 Å². The molecule has 1 aliphatic rings. The fourth-order valence-electron chi connectivity index (χ4n) is 1.98. The van der Waals surface area contributed by atoms with Gasteiger partial charge in [0.1, 0.15) is 17.4 Å². The van der Waals surface area contributed by atoms with E-state index in [1.165, 1.54) is 24.1 Å². The number of amides is 1. The first-order valence-electron chi connectivity index (χ1n) is 6.01. The summed E-state index contributed by atoms with van der Waals surface area (Å²) in [5.41, 5.74) is 0. The maximum atomic E-state index is 12.3. The molecule has 1 saturated heterocycles. The highest BCUT2D eigenvalue weighted by Gasteiger charge is 2.40. The van der Waals surface area contributed by atoms with Crippen molar-refractivity contribution >= 4 is 15.7 Å². The van der Waals surface area contributed by atoms with E-state index in [0.29, 0.717) is 5.75 Å². The predicted octanol–water partition coefficient (Wildman–Crippen LogP) is 0.593. The number of ether oxygens (including phenoxy) is 1. The van der Waals surface area contributed by atoms with Crippen molar-refractivity contribution in [3.05, 3.63) is 24.3 Å². The minimum Gasteiger partial charge on any atom is -0.497 e. The molecule has 1 aromatic carbocycles. The molecule has 1 aromatic rings. The predicted molar refractivity (Wildman–Crippen MR) is 70.8 cm³/mol. The molecule has 0 aromatic heterocycles. The van der Waals surface area contributed by atoms with Gasteiger partial charge in [0.2, 0.25) is 5.91 Å². The molecule has 0 unspecified atom stereocenters. The molecule has 2 rings (SSSR count). The van der Waals surface area contributed by atoms with Crippen LogP contribution in [0.25, 0.3) is 0 Å². The number of sulfone groups is 1. The van der Waals surface area contributed by atoms with Gasteiger partial charge >= 0.3 is 0 Å². The van der Waals surface area contributed by atoms with Crippen LogP contribution < -0.4 is 4.74 Å². The summed E-state index contributed by atoms with van der Waals surface area (Å²) >= 11 is 0. The summed E-state index contributed by atoms with van der Waals surface area (Å²) in [7, 11) is -1.93. The van der Waals surface area contributed by atoms with E-state index >= 15 is 0 Å². The van der Waals surface area contributed by atoms with E-state index in [4.69, 9.17) is 10.00 Å². The number of carbonyl (C=O) groups excluding carboxylic acids is 1. The molecule has 0 spiro atoms. The number of rotatable bonds is 4. The molecule has 20 heavy (non-hydrogen) atoms. The fraction of sp³-hybridized carbons (Fsp3) is 0.385. The molecule has 1 heterocycles. The van der Waals surface area contributed by atoms with E-state index in [9.17, 15) is 13.2 Å². The van der Waals surface area contributed by atoms with Gasteiger partial charge in [-0.05, 0) is 24.3 Å². The Hall–Kier alpha value is -2.07. The van der Waals surface area contributed by atoms with Gasteiger partial charge in [-0.25, -0.2) is 8.42 Å². The topological polar surface area (TPSA) is 87.5 Å². The van der Waals surface area contributed by atoms with Crippen LogP contribution in [0.3, 0.4) is 0 Å². The number of likely N-dealkylation sites (tertiary alicyclic amines) is 1. The Labute approximate surface area is 117 Å². The third-order valence-corrected chi connectivity index (χ3v) is 5.36.